The van der Waals surface area contributed by atoms with Crippen LogP contribution in [0.25, 0.3) is 0 Å². The molecule has 47 heavy (non-hydrogen) atoms. The molecular weight excluding hydrogens is 694 g/mol. The number of phenolic OH excluding ortho intramolecular Hbond substituents is 1. The first kappa shape index (κ1) is 31.6. The van der Waals surface area contributed by atoms with Crippen LogP contribution in [0.5, 0.6) is 5.75 Å². The van der Waals surface area contributed by atoms with Gasteiger partial charge in [-0.1, -0.05) is 35.4 Å². The molecule has 0 spiro atoms. The second kappa shape index (κ2) is 10.5. The van der Waals surface area contributed by atoms with E-state index in [2.05, 4.69) is 0 Å². The minimum Gasteiger partial charge on any atom is -0.508 e. The van der Waals surface area contributed by atoms with E-state index in [0.29, 0.717) is 5.02 Å². The molecule has 0 radical (unpaired) electrons. The van der Waals surface area contributed by atoms with Crippen LogP contribution in [0.15, 0.2) is 60.2 Å². The molecule has 3 fully saturated rings. The Labute approximate surface area is 277 Å². The topological polar surface area (TPSA) is 95.0 Å². The number of halogens is 8. The number of imide groups is 2. The molecule has 2 saturated heterocycles. The van der Waals surface area contributed by atoms with E-state index in [-0.39, 0.29) is 33.9 Å². The summed E-state index contributed by atoms with van der Waals surface area (Å²) < 4.78 is 72.8. The fraction of sp³-hybridized carbons (Fsp3) is 0.250. The zero-order valence-electron chi connectivity index (χ0n) is 23.4. The van der Waals surface area contributed by atoms with Gasteiger partial charge >= 0.3 is 0 Å². The highest BCUT2D eigenvalue weighted by atomic mass is 35.5. The van der Waals surface area contributed by atoms with Crippen LogP contribution < -0.4 is 9.80 Å². The SMILES string of the molecule is O=C1C2CC=C3C(CC4(Cl)C(=O)N(c5c(F)c(F)c(F)c(F)c5F)C(=O)C4(Cl)C3c3cccc(O)c3)C2C(=O)N1c1ccc(Cl)cc1. The van der Waals surface area contributed by atoms with Gasteiger partial charge in [0.2, 0.25) is 17.6 Å². The van der Waals surface area contributed by atoms with Crippen molar-refractivity contribution in [2.75, 3.05) is 9.80 Å². The van der Waals surface area contributed by atoms with Crippen LogP contribution in [0.4, 0.5) is 33.3 Å². The molecule has 0 aromatic heterocycles. The number of allylic oxidation sites excluding steroid dienone is 2. The Kier molecular flexibility index (Phi) is 7.06. The van der Waals surface area contributed by atoms with E-state index in [4.69, 9.17) is 34.8 Å². The fourth-order valence-electron chi connectivity index (χ4n) is 7.49. The van der Waals surface area contributed by atoms with E-state index in [9.17, 15) is 37.5 Å². The molecule has 4 aliphatic rings. The van der Waals surface area contributed by atoms with Crippen LogP contribution in [-0.4, -0.2) is 38.5 Å². The number of hydrogen-bond donors (Lipinski definition) is 1. The van der Waals surface area contributed by atoms with Crippen LogP contribution in [-0.2, 0) is 19.2 Å². The van der Waals surface area contributed by atoms with Gasteiger partial charge in [-0.2, -0.15) is 0 Å². The Morgan fingerprint density at radius 1 is 0.766 bits per heavy atom. The van der Waals surface area contributed by atoms with Crippen molar-refractivity contribution < 1.29 is 46.2 Å². The molecule has 242 valence electrons. The standard InChI is InChI=1S/C32H18Cl3F5N2O5/c33-13-4-6-14(7-5-13)41-27(44)17-9-8-16-18(19(17)28(41)45)11-31(34)29(46)42(26-24(39)22(37)21(36)23(38)25(26)40)30(47)32(31,35)20(16)12-2-1-3-15(43)10-12/h1-8,10,17-20,43H,9,11H2. The number of aromatic hydroxyl groups is 1. The van der Waals surface area contributed by atoms with Gasteiger partial charge in [0.05, 0.1) is 17.5 Å². The highest BCUT2D eigenvalue weighted by molar-refractivity contribution is 6.58. The Morgan fingerprint density at radius 2 is 1.38 bits per heavy atom. The monoisotopic (exact) mass is 710 g/mol. The van der Waals surface area contributed by atoms with Gasteiger partial charge in [0.25, 0.3) is 11.8 Å². The van der Waals surface area contributed by atoms with Crippen molar-refractivity contribution in [2.45, 2.75) is 28.5 Å². The number of anilines is 2. The smallest absolute Gasteiger partial charge is 0.258 e. The van der Waals surface area contributed by atoms with Crippen molar-refractivity contribution >= 4 is 69.8 Å². The van der Waals surface area contributed by atoms with Crippen molar-refractivity contribution in [3.05, 3.63) is 99.9 Å². The minimum atomic E-state index is -2.67. The first-order chi connectivity index (χ1) is 22.1. The number of rotatable bonds is 3. The van der Waals surface area contributed by atoms with Gasteiger partial charge in [0, 0.05) is 10.9 Å². The van der Waals surface area contributed by atoms with Crippen LogP contribution in [0.1, 0.15) is 24.3 Å². The van der Waals surface area contributed by atoms with E-state index >= 15 is 8.78 Å². The number of amides is 4. The Hall–Kier alpha value is -4.00. The van der Waals surface area contributed by atoms with Crippen molar-refractivity contribution in [3.63, 3.8) is 0 Å². The molecule has 6 atom stereocenters. The third-order valence-electron chi connectivity index (χ3n) is 9.51. The maximum absolute atomic E-state index is 15.1. The first-order valence-corrected chi connectivity index (χ1v) is 15.2. The van der Waals surface area contributed by atoms with Gasteiger partial charge in [-0.05, 0) is 60.7 Å². The van der Waals surface area contributed by atoms with Gasteiger partial charge in [-0.25, -0.2) is 26.9 Å². The second-order valence-electron chi connectivity index (χ2n) is 11.8. The predicted octanol–water partition coefficient (Wildman–Crippen LogP) is 6.51. The number of alkyl halides is 2. The molecule has 4 amide bonds. The summed E-state index contributed by atoms with van der Waals surface area (Å²) in [5.74, 6) is -21.7. The van der Waals surface area contributed by atoms with Crippen molar-refractivity contribution in [1.82, 2.24) is 0 Å². The zero-order valence-corrected chi connectivity index (χ0v) is 25.7. The largest absolute Gasteiger partial charge is 0.508 e. The van der Waals surface area contributed by atoms with Crippen LogP contribution in [0.2, 0.25) is 5.02 Å². The molecule has 2 aliphatic carbocycles. The molecule has 7 rings (SSSR count). The van der Waals surface area contributed by atoms with E-state index in [1.165, 1.54) is 48.5 Å². The molecule has 3 aromatic carbocycles. The molecule has 2 heterocycles. The number of nitrogens with zero attached hydrogens (tertiary/aromatic N) is 2. The number of benzene rings is 3. The average Bonchev–Trinajstić information content (AvgIpc) is 3.38. The predicted molar refractivity (Wildman–Crippen MR) is 158 cm³/mol. The minimum absolute atomic E-state index is 0.0216. The van der Waals surface area contributed by atoms with E-state index in [0.717, 1.165) is 4.90 Å². The lowest BCUT2D eigenvalue weighted by Gasteiger charge is -2.50. The lowest BCUT2D eigenvalue weighted by atomic mass is 9.56. The molecule has 7 nitrogen and oxygen atoms in total. The second-order valence-corrected chi connectivity index (χ2v) is 13.5. The first-order valence-electron chi connectivity index (χ1n) is 14.1. The summed E-state index contributed by atoms with van der Waals surface area (Å²) >= 11 is 20.1. The Bertz CT molecular complexity index is 1960. The summed E-state index contributed by atoms with van der Waals surface area (Å²) in [5, 5.41) is 10.7. The average molecular weight is 712 g/mol. The van der Waals surface area contributed by atoms with Crippen LogP contribution in [0, 0.1) is 46.8 Å². The summed E-state index contributed by atoms with van der Waals surface area (Å²) in [7, 11) is 0. The summed E-state index contributed by atoms with van der Waals surface area (Å²) in [5.41, 5.74) is -1.29. The molecule has 0 bridgehead atoms. The number of phenols is 1. The van der Waals surface area contributed by atoms with Crippen LogP contribution in [0.3, 0.4) is 0 Å². The quantitative estimate of drug-likeness (QED) is 0.0836. The summed E-state index contributed by atoms with van der Waals surface area (Å²) in [6, 6.07) is 11.2. The maximum atomic E-state index is 15.1. The molecule has 1 N–H and O–H groups in total. The van der Waals surface area contributed by atoms with Gasteiger partial charge < -0.3 is 5.11 Å². The highest BCUT2D eigenvalue weighted by Gasteiger charge is 2.77. The number of carbonyl (C=O) groups is 4. The van der Waals surface area contributed by atoms with Crippen molar-refractivity contribution in [3.8, 4) is 5.75 Å². The van der Waals surface area contributed by atoms with Crippen LogP contribution >= 0.6 is 34.8 Å². The third-order valence-corrected chi connectivity index (χ3v) is 11.2. The summed E-state index contributed by atoms with van der Waals surface area (Å²) in [4.78, 5) is 51.4. The Balaban J connectivity index is 1.42. The highest BCUT2D eigenvalue weighted by Crippen LogP contribution is 2.66. The summed E-state index contributed by atoms with van der Waals surface area (Å²) in [6.45, 7) is 0. The summed E-state index contributed by atoms with van der Waals surface area (Å²) in [6.07, 6.45) is 0.910. The van der Waals surface area contributed by atoms with Gasteiger partial charge in [-0.15, -0.1) is 23.2 Å². The number of carbonyl (C=O) groups excluding carboxylic acids is 4. The molecule has 15 heteroatoms. The van der Waals surface area contributed by atoms with Crippen molar-refractivity contribution in [1.29, 1.82) is 0 Å². The maximum Gasteiger partial charge on any atom is 0.258 e. The van der Waals surface area contributed by atoms with E-state index in [1.54, 1.807) is 6.08 Å². The molecule has 2 aliphatic heterocycles. The fourth-order valence-corrected chi connectivity index (χ4v) is 8.55. The third kappa shape index (κ3) is 4.04. The Morgan fingerprint density at radius 3 is 2.00 bits per heavy atom. The lowest BCUT2D eigenvalue weighted by molar-refractivity contribution is -0.125. The van der Waals surface area contributed by atoms with E-state index < -0.39 is 98.2 Å². The van der Waals surface area contributed by atoms with Gasteiger partial charge in [-0.3, -0.25) is 24.1 Å². The van der Waals surface area contributed by atoms with E-state index in [1.807, 2.05) is 0 Å². The lowest BCUT2D eigenvalue weighted by Crippen LogP contribution is -2.60. The molecule has 6 unspecified atom stereocenters. The molecule has 1 saturated carbocycles. The van der Waals surface area contributed by atoms with Gasteiger partial charge in [0.15, 0.2) is 33.0 Å². The zero-order chi connectivity index (χ0) is 33.9. The number of fused-ring (bicyclic) bond motifs is 4. The molecular formula is C32H18Cl3F5N2O5. The van der Waals surface area contributed by atoms with Gasteiger partial charge in [0.1, 0.15) is 11.4 Å². The normalized spacial score (nSPS) is 30.0. The number of hydrogen-bond acceptors (Lipinski definition) is 5. The molecule has 3 aromatic rings. The van der Waals surface area contributed by atoms with Crippen molar-refractivity contribution in [2.24, 2.45) is 17.8 Å².